The van der Waals surface area contributed by atoms with Crippen LogP contribution >= 0.6 is 0 Å². The maximum Gasteiger partial charge on any atom is 0.255 e. The second kappa shape index (κ2) is 5.34. The number of carbonyl (C=O) groups excluding carboxylic acids is 3. The van der Waals surface area contributed by atoms with Gasteiger partial charge in [-0.1, -0.05) is 0 Å². The van der Waals surface area contributed by atoms with Gasteiger partial charge in [-0.25, -0.2) is 0 Å². The Morgan fingerprint density at radius 3 is 2.70 bits per heavy atom. The second-order valence-electron chi connectivity index (χ2n) is 6.12. The first-order valence-electron chi connectivity index (χ1n) is 7.77. The minimum absolute atomic E-state index is 0.161. The molecule has 2 N–H and O–H groups in total. The molecular formula is C16H17N3O4. The fraction of sp³-hybridized carbons (Fsp3) is 0.438. The smallest absolute Gasteiger partial charge is 0.255 e. The molecule has 1 aromatic rings. The van der Waals surface area contributed by atoms with Gasteiger partial charge in [0.05, 0.1) is 0 Å². The van der Waals surface area contributed by atoms with E-state index in [4.69, 9.17) is 4.74 Å². The van der Waals surface area contributed by atoms with Gasteiger partial charge in [0.15, 0.2) is 0 Å². The van der Waals surface area contributed by atoms with E-state index in [1.807, 2.05) is 6.07 Å². The summed E-state index contributed by atoms with van der Waals surface area (Å²) in [7, 11) is 0. The number of piperidine rings is 1. The fourth-order valence-electron chi connectivity index (χ4n) is 3.16. The molecule has 7 nitrogen and oxygen atoms in total. The molecule has 23 heavy (non-hydrogen) atoms. The van der Waals surface area contributed by atoms with Gasteiger partial charge >= 0.3 is 0 Å². The maximum atomic E-state index is 12.5. The van der Waals surface area contributed by atoms with E-state index in [0.717, 1.165) is 24.4 Å². The van der Waals surface area contributed by atoms with Crippen LogP contribution in [0.4, 0.5) is 0 Å². The molecule has 0 radical (unpaired) electrons. The lowest BCUT2D eigenvalue weighted by Crippen LogP contribution is -2.52. The number of imide groups is 1. The number of fused-ring (bicyclic) bond motifs is 1. The van der Waals surface area contributed by atoms with Crippen molar-refractivity contribution in [3.8, 4) is 5.75 Å². The Morgan fingerprint density at radius 1 is 1.17 bits per heavy atom. The normalized spacial score (nSPS) is 24.3. The molecule has 3 amide bonds. The summed E-state index contributed by atoms with van der Waals surface area (Å²) in [6.45, 7) is 2.04. The highest BCUT2D eigenvalue weighted by Crippen LogP contribution is 2.30. The highest BCUT2D eigenvalue weighted by atomic mass is 16.5. The van der Waals surface area contributed by atoms with E-state index in [0.29, 0.717) is 18.5 Å². The van der Waals surface area contributed by atoms with Crippen molar-refractivity contribution in [2.45, 2.75) is 31.5 Å². The molecule has 0 aliphatic carbocycles. The van der Waals surface area contributed by atoms with Gasteiger partial charge in [-0.3, -0.25) is 19.7 Å². The summed E-state index contributed by atoms with van der Waals surface area (Å²) in [5.74, 6) is -0.0841. The van der Waals surface area contributed by atoms with Crippen molar-refractivity contribution in [3.05, 3.63) is 29.3 Å². The van der Waals surface area contributed by atoms with Crippen LogP contribution in [-0.2, 0) is 16.1 Å². The highest BCUT2D eigenvalue weighted by Gasteiger charge is 2.39. The molecule has 0 bridgehead atoms. The number of benzene rings is 1. The predicted octanol–water partition coefficient (Wildman–Crippen LogP) is -0.202. The summed E-state index contributed by atoms with van der Waals surface area (Å²) in [5.41, 5.74) is 1.47. The first kappa shape index (κ1) is 14.2. The van der Waals surface area contributed by atoms with Crippen LogP contribution in [0.1, 0.15) is 28.8 Å². The molecule has 3 aliphatic heterocycles. The number of carbonyl (C=O) groups is 3. The number of hydrogen-bond donors (Lipinski definition) is 2. The number of rotatable bonds is 3. The Hall–Kier alpha value is -2.41. The van der Waals surface area contributed by atoms with Gasteiger partial charge in [0.25, 0.3) is 5.91 Å². The van der Waals surface area contributed by atoms with E-state index in [2.05, 4.69) is 10.6 Å². The third-order valence-corrected chi connectivity index (χ3v) is 4.54. The van der Waals surface area contributed by atoms with E-state index in [1.165, 1.54) is 0 Å². The van der Waals surface area contributed by atoms with Crippen LogP contribution in [0, 0.1) is 0 Å². The van der Waals surface area contributed by atoms with Gasteiger partial charge in [-0.15, -0.1) is 0 Å². The summed E-state index contributed by atoms with van der Waals surface area (Å²) in [5, 5.41) is 5.44. The van der Waals surface area contributed by atoms with E-state index >= 15 is 0 Å². The minimum Gasteiger partial charge on any atom is -0.488 e. The van der Waals surface area contributed by atoms with Crippen molar-refractivity contribution in [2.75, 3.05) is 13.1 Å². The van der Waals surface area contributed by atoms with Crippen LogP contribution in [0.5, 0.6) is 5.75 Å². The molecule has 3 aliphatic rings. The average molecular weight is 315 g/mol. The maximum absolute atomic E-state index is 12.5. The zero-order valence-electron chi connectivity index (χ0n) is 12.5. The summed E-state index contributed by atoms with van der Waals surface area (Å²) < 4.78 is 5.81. The van der Waals surface area contributed by atoms with Gasteiger partial charge in [-0.2, -0.15) is 0 Å². The molecule has 2 saturated heterocycles. The molecule has 4 rings (SSSR count). The summed E-state index contributed by atoms with van der Waals surface area (Å²) in [4.78, 5) is 37.3. The average Bonchev–Trinajstić information content (AvgIpc) is 2.80. The topological polar surface area (TPSA) is 87.7 Å². The molecule has 2 fully saturated rings. The van der Waals surface area contributed by atoms with Gasteiger partial charge in [0, 0.05) is 31.6 Å². The Balaban J connectivity index is 1.52. The molecule has 120 valence electrons. The number of amides is 3. The van der Waals surface area contributed by atoms with E-state index < -0.39 is 6.04 Å². The Kier molecular flexibility index (Phi) is 3.30. The zero-order chi connectivity index (χ0) is 16.0. The molecule has 0 saturated carbocycles. The van der Waals surface area contributed by atoms with Crippen molar-refractivity contribution in [1.82, 2.24) is 15.5 Å². The first-order chi connectivity index (χ1) is 11.1. The number of nitrogens with one attached hydrogen (secondary N) is 2. The van der Waals surface area contributed by atoms with Crippen LogP contribution < -0.4 is 15.4 Å². The monoisotopic (exact) mass is 315 g/mol. The van der Waals surface area contributed by atoms with E-state index in [-0.39, 0.29) is 30.2 Å². The van der Waals surface area contributed by atoms with Crippen LogP contribution in [0.25, 0.3) is 0 Å². The lowest BCUT2D eigenvalue weighted by Gasteiger charge is -2.29. The van der Waals surface area contributed by atoms with Crippen molar-refractivity contribution < 1.29 is 19.1 Å². The third kappa shape index (κ3) is 2.46. The molecule has 7 heteroatoms. The fourth-order valence-corrected chi connectivity index (χ4v) is 3.16. The third-order valence-electron chi connectivity index (χ3n) is 4.54. The zero-order valence-corrected chi connectivity index (χ0v) is 12.5. The summed E-state index contributed by atoms with van der Waals surface area (Å²) in [6.07, 6.45) is 0.817. The number of ether oxygens (including phenoxy) is 1. The van der Waals surface area contributed by atoms with Gasteiger partial charge in [-0.05, 0) is 30.2 Å². The Morgan fingerprint density at radius 2 is 2.00 bits per heavy atom. The van der Waals surface area contributed by atoms with Crippen molar-refractivity contribution in [3.63, 3.8) is 0 Å². The van der Waals surface area contributed by atoms with Gasteiger partial charge < -0.3 is 15.0 Å². The predicted molar refractivity (Wildman–Crippen MR) is 79.8 cm³/mol. The number of nitrogens with zero attached hydrogens (tertiary/aromatic N) is 1. The SMILES string of the molecule is O=C1CCC(N2Cc3cc(OC4CNC4)ccc3C2=O)C(=O)N1. The van der Waals surface area contributed by atoms with Gasteiger partial charge in [0.2, 0.25) is 11.8 Å². The molecule has 1 unspecified atom stereocenters. The van der Waals surface area contributed by atoms with Crippen LogP contribution in [0.15, 0.2) is 18.2 Å². The molecule has 1 atom stereocenters. The van der Waals surface area contributed by atoms with Crippen molar-refractivity contribution in [2.24, 2.45) is 0 Å². The quantitative estimate of drug-likeness (QED) is 0.754. The highest BCUT2D eigenvalue weighted by molar-refractivity contribution is 6.05. The first-order valence-corrected chi connectivity index (χ1v) is 7.77. The van der Waals surface area contributed by atoms with E-state index in [1.54, 1.807) is 17.0 Å². The number of hydrogen-bond acceptors (Lipinski definition) is 5. The van der Waals surface area contributed by atoms with Gasteiger partial charge in [0.1, 0.15) is 17.9 Å². The Labute approximate surface area is 133 Å². The van der Waals surface area contributed by atoms with E-state index in [9.17, 15) is 14.4 Å². The molecule has 0 aromatic heterocycles. The molecule has 0 spiro atoms. The van der Waals surface area contributed by atoms with Crippen molar-refractivity contribution >= 4 is 17.7 Å². The largest absolute Gasteiger partial charge is 0.488 e. The second-order valence-corrected chi connectivity index (χ2v) is 6.12. The summed E-state index contributed by atoms with van der Waals surface area (Å²) in [6, 6.07) is 4.85. The van der Waals surface area contributed by atoms with Crippen molar-refractivity contribution in [1.29, 1.82) is 0 Å². The minimum atomic E-state index is -0.576. The molecular weight excluding hydrogens is 298 g/mol. The Bertz CT molecular complexity index is 699. The lowest BCUT2D eigenvalue weighted by atomic mass is 10.0. The van der Waals surface area contributed by atoms with Crippen LogP contribution in [-0.4, -0.2) is 47.9 Å². The van der Waals surface area contributed by atoms with Crippen LogP contribution in [0.2, 0.25) is 0 Å². The molecule has 3 heterocycles. The standard InChI is InChI=1S/C16H17N3O4/c20-14-4-3-13(15(21)18-14)19-8-9-5-10(23-11-6-17-7-11)1-2-12(9)16(19)22/h1-2,5,11,13,17H,3-4,6-8H2,(H,18,20,21). The summed E-state index contributed by atoms with van der Waals surface area (Å²) >= 11 is 0. The lowest BCUT2D eigenvalue weighted by molar-refractivity contribution is -0.136. The molecule has 1 aromatic carbocycles. The van der Waals surface area contributed by atoms with Crippen LogP contribution in [0.3, 0.4) is 0 Å².